The van der Waals surface area contributed by atoms with Crippen LogP contribution < -0.4 is 11.1 Å². The van der Waals surface area contributed by atoms with E-state index in [-0.39, 0.29) is 40.8 Å². The number of phenols is 2. The summed E-state index contributed by atoms with van der Waals surface area (Å²) in [6, 6.07) is 0.396. The Bertz CT molecular complexity index is 1630. The molecule has 3 amide bonds. The number of fused-ring (bicyclic) bond motifs is 1. The van der Waals surface area contributed by atoms with E-state index >= 15 is 0 Å². The van der Waals surface area contributed by atoms with Crippen molar-refractivity contribution in [1.29, 1.82) is 0 Å². The number of nitrogens with zero attached hydrogens (tertiary/aromatic N) is 4. The van der Waals surface area contributed by atoms with Gasteiger partial charge in [0.1, 0.15) is 22.8 Å². The van der Waals surface area contributed by atoms with Gasteiger partial charge in [0, 0.05) is 29.8 Å². The van der Waals surface area contributed by atoms with Crippen LogP contribution in [0.2, 0.25) is 0 Å². The lowest BCUT2D eigenvalue weighted by Crippen LogP contribution is -2.71. The fourth-order valence-corrected chi connectivity index (χ4v) is 6.15. The van der Waals surface area contributed by atoms with E-state index < -0.39 is 75.4 Å². The first-order chi connectivity index (χ1) is 21.1. The fraction of sp³-hybridized carbons (Fsp3) is 0.346. The summed E-state index contributed by atoms with van der Waals surface area (Å²) in [5, 5.41) is 45.3. The predicted molar refractivity (Wildman–Crippen MR) is 157 cm³/mol. The van der Waals surface area contributed by atoms with E-state index in [1.165, 1.54) is 24.1 Å². The number of aliphatic carboxylic acids is 2. The smallest absolute Gasteiger partial charge is 0.352 e. The van der Waals surface area contributed by atoms with E-state index in [1.807, 2.05) is 0 Å². The van der Waals surface area contributed by atoms with Crippen LogP contribution in [0.1, 0.15) is 36.8 Å². The maximum atomic E-state index is 13.9. The van der Waals surface area contributed by atoms with Gasteiger partial charge in [0.15, 0.2) is 28.2 Å². The lowest BCUT2D eigenvalue weighted by atomic mass is 10.0. The third kappa shape index (κ3) is 6.48. The van der Waals surface area contributed by atoms with Crippen LogP contribution in [0.3, 0.4) is 0 Å². The zero-order valence-corrected chi connectivity index (χ0v) is 25.4. The molecule has 1 saturated heterocycles. The Labute approximate surface area is 261 Å². The Morgan fingerprint density at radius 3 is 2.51 bits per heavy atom. The summed E-state index contributed by atoms with van der Waals surface area (Å²) >= 11 is 2.09. The second kappa shape index (κ2) is 12.6. The summed E-state index contributed by atoms with van der Waals surface area (Å²) in [6.07, 6.45) is 0. The molecule has 2 aromatic rings. The number of thiazole rings is 1. The van der Waals surface area contributed by atoms with Gasteiger partial charge in [0.05, 0.1) is 0 Å². The summed E-state index contributed by atoms with van der Waals surface area (Å²) in [5.74, 6) is -8.40. The summed E-state index contributed by atoms with van der Waals surface area (Å²) in [7, 11) is 0. The monoisotopic (exact) mass is 666 g/mol. The van der Waals surface area contributed by atoms with Gasteiger partial charge in [-0.25, -0.2) is 19.0 Å². The number of nitrogens with two attached hydrogens (primary N) is 1. The third-order valence-corrected chi connectivity index (χ3v) is 8.75. The van der Waals surface area contributed by atoms with Gasteiger partial charge in [-0.05, 0) is 38.5 Å². The number of thioether (sulfide) groups is 1. The number of hydrogen-bond donors (Lipinski definition) is 6. The highest BCUT2D eigenvalue weighted by Crippen LogP contribution is 2.41. The molecule has 1 fully saturated rings. The molecule has 45 heavy (non-hydrogen) atoms. The lowest BCUT2D eigenvalue weighted by Gasteiger charge is -2.49. The van der Waals surface area contributed by atoms with Gasteiger partial charge < -0.3 is 41.2 Å². The number of β-lactam (4-membered cyclic amide) rings is 1. The normalized spacial score (nSPS) is 18.2. The number of carbonyl (C=O) groups excluding carboxylic acids is 3. The van der Waals surface area contributed by atoms with E-state index in [0.717, 1.165) is 40.1 Å². The van der Waals surface area contributed by atoms with E-state index in [1.54, 1.807) is 6.92 Å². The standard InChI is InChI=1S/C26H27FN6O10S2/c1-4-32(20(37)10-5-12(27)18(35)14(34)6-10)7-11-8-44-22-16(21(38)33(22)17(11)23(39)40)30-19(36)15(13-9-45-25(28)29-13)31-43-26(2,3)24(41)42/h5-6,9,16,22,34-35H,4,7-8H2,1-3H3,(H2,28,29)(H,30,36)(H,39,40)(H,41,42)/b31-15-/t16-,22-/m1/s1. The van der Waals surface area contributed by atoms with Crippen LogP contribution in [0.5, 0.6) is 11.5 Å². The number of carboxylic acids is 2. The topological polar surface area (TPSA) is 245 Å². The molecule has 0 bridgehead atoms. The molecule has 16 nitrogen and oxygen atoms in total. The third-order valence-electron chi connectivity index (χ3n) is 6.74. The summed E-state index contributed by atoms with van der Waals surface area (Å²) in [5.41, 5.74) is 2.83. The number of aromatic hydroxyl groups is 2. The van der Waals surface area contributed by atoms with E-state index in [9.17, 15) is 48.8 Å². The molecule has 1 aromatic heterocycles. The number of halogens is 1. The molecule has 1 aromatic carbocycles. The molecular formula is C26H27FN6O10S2. The highest BCUT2D eigenvalue weighted by molar-refractivity contribution is 8.00. The first-order valence-corrected chi connectivity index (χ1v) is 14.9. The number of nitrogen functional groups attached to an aromatic ring is 1. The number of carboxylic acid groups (broad SMARTS) is 2. The number of rotatable bonds is 11. The van der Waals surface area contributed by atoms with E-state index in [2.05, 4.69) is 15.5 Å². The minimum atomic E-state index is -1.82. The average Bonchev–Trinajstić information content (AvgIpc) is 3.41. The quantitative estimate of drug-likeness (QED) is 0.0840. The summed E-state index contributed by atoms with van der Waals surface area (Å²) in [4.78, 5) is 74.5. The van der Waals surface area contributed by atoms with Crippen molar-refractivity contribution in [2.24, 2.45) is 5.16 Å². The number of carbonyl (C=O) groups is 5. The molecule has 3 heterocycles. The van der Waals surface area contributed by atoms with Gasteiger partial charge >= 0.3 is 11.9 Å². The van der Waals surface area contributed by atoms with E-state index in [0.29, 0.717) is 0 Å². The summed E-state index contributed by atoms with van der Waals surface area (Å²) in [6.45, 7) is 3.77. The molecule has 0 unspecified atom stereocenters. The lowest BCUT2D eigenvalue weighted by molar-refractivity contribution is -0.161. The van der Waals surface area contributed by atoms with Crippen molar-refractivity contribution in [3.05, 3.63) is 45.9 Å². The van der Waals surface area contributed by atoms with Crippen LogP contribution in [0.4, 0.5) is 9.52 Å². The number of likely N-dealkylation sites (N-methyl/N-ethyl adjacent to an activating group) is 1. The Balaban J connectivity index is 1.56. The van der Waals surface area contributed by atoms with Crippen molar-refractivity contribution in [3.63, 3.8) is 0 Å². The molecule has 240 valence electrons. The number of hydrogen-bond acceptors (Lipinski definition) is 13. The minimum absolute atomic E-state index is 0.0287. The highest BCUT2D eigenvalue weighted by atomic mass is 32.2. The fourth-order valence-electron chi connectivity index (χ4n) is 4.26. The number of benzene rings is 1. The van der Waals surface area contributed by atoms with Crippen LogP contribution in [-0.2, 0) is 24.0 Å². The second-order valence-corrected chi connectivity index (χ2v) is 12.2. The first kappa shape index (κ1) is 33.0. The molecular weight excluding hydrogens is 639 g/mol. The number of nitrogens with one attached hydrogen (secondary N) is 1. The molecule has 2 atom stereocenters. The predicted octanol–water partition coefficient (Wildman–Crippen LogP) is 0.760. The SMILES string of the molecule is CCN(CC1=C(C(=O)O)N2C(=O)[C@@H](NC(=O)/C(=N\OC(C)(C)C(=O)O)c3csc(N)n3)[C@H]2SC1)C(=O)c1cc(O)c(O)c(F)c1. The van der Waals surface area contributed by atoms with Gasteiger partial charge in [-0.15, -0.1) is 23.1 Å². The van der Waals surface area contributed by atoms with Gasteiger partial charge in [0.25, 0.3) is 17.7 Å². The van der Waals surface area contributed by atoms with Gasteiger partial charge in [-0.2, -0.15) is 0 Å². The van der Waals surface area contributed by atoms with Crippen molar-refractivity contribution < 1.29 is 53.6 Å². The van der Waals surface area contributed by atoms with Crippen molar-refractivity contribution >= 4 is 63.6 Å². The molecule has 0 spiro atoms. The van der Waals surface area contributed by atoms with Crippen LogP contribution >= 0.6 is 23.1 Å². The molecule has 4 rings (SSSR count). The Morgan fingerprint density at radius 2 is 1.96 bits per heavy atom. The van der Waals surface area contributed by atoms with Crippen molar-refractivity contribution in [1.82, 2.24) is 20.1 Å². The molecule has 0 saturated carbocycles. The number of amides is 3. The van der Waals surface area contributed by atoms with Crippen molar-refractivity contribution in [2.45, 2.75) is 37.8 Å². The van der Waals surface area contributed by atoms with Crippen LogP contribution in [0.15, 0.2) is 33.9 Å². The van der Waals surface area contributed by atoms with E-state index in [4.69, 9.17) is 10.6 Å². The molecule has 19 heteroatoms. The molecule has 0 radical (unpaired) electrons. The minimum Gasteiger partial charge on any atom is -0.504 e. The number of anilines is 1. The molecule has 2 aliphatic rings. The van der Waals surface area contributed by atoms with Crippen LogP contribution in [-0.4, -0.2) is 106 Å². The molecule has 7 N–H and O–H groups in total. The molecule has 2 aliphatic heterocycles. The van der Waals surface area contributed by atoms with Crippen LogP contribution in [0, 0.1) is 5.82 Å². The Kier molecular flexibility index (Phi) is 9.24. The zero-order chi connectivity index (χ0) is 33.4. The average molecular weight is 667 g/mol. The van der Waals surface area contributed by atoms with Crippen molar-refractivity contribution in [2.75, 3.05) is 24.6 Å². The number of oxime groups is 1. The first-order valence-electron chi connectivity index (χ1n) is 13.0. The van der Waals surface area contributed by atoms with Gasteiger partial charge in [0.2, 0.25) is 5.60 Å². The van der Waals surface area contributed by atoms with Crippen LogP contribution in [0.25, 0.3) is 0 Å². The van der Waals surface area contributed by atoms with Crippen molar-refractivity contribution in [3.8, 4) is 11.5 Å². The highest BCUT2D eigenvalue weighted by Gasteiger charge is 2.54. The maximum Gasteiger partial charge on any atom is 0.352 e. The Morgan fingerprint density at radius 1 is 1.27 bits per heavy atom. The van der Waals surface area contributed by atoms with Gasteiger partial charge in [-0.1, -0.05) is 5.16 Å². The zero-order valence-electron chi connectivity index (χ0n) is 23.8. The largest absolute Gasteiger partial charge is 0.504 e. The number of aromatic nitrogens is 1. The maximum absolute atomic E-state index is 13.9. The second-order valence-electron chi connectivity index (χ2n) is 10.2. The van der Waals surface area contributed by atoms with Gasteiger partial charge in [-0.3, -0.25) is 19.3 Å². The summed E-state index contributed by atoms with van der Waals surface area (Å²) < 4.78 is 13.9. The molecule has 0 aliphatic carbocycles. The Hall–Kier alpha value is -4.91. The number of phenolic OH excluding ortho intramolecular Hbond substituents is 2.